The van der Waals surface area contributed by atoms with Crippen molar-refractivity contribution in [1.29, 1.82) is 0 Å². The summed E-state index contributed by atoms with van der Waals surface area (Å²) in [6.07, 6.45) is 0. The largest absolute Gasteiger partial charge is 0.302 e. The number of fused-ring (bicyclic) bond motifs is 1. The first-order valence-electron chi connectivity index (χ1n) is 4.98. The summed E-state index contributed by atoms with van der Waals surface area (Å²) in [6.45, 7) is 3.63. The average Bonchev–Trinajstić information content (AvgIpc) is 2.63. The Hall–Kier alpha value is -0.510. The Morgan fingerprint density at radius 1 is 1.50 bits per heavy atom. The second kappa shape index (κ2) is 4.82. The van der Waals surface area contributed by atoms with E-state index in [1.54, 1.807) is 0 Å². The highest BCUT2D eigenvalue weighted by Crippen LogP contribution is 2.38. The van der Waals surface area contributed by atoms with E-state index >= 15 is 0 Å². The lowest BCUT2D eigenvalue weighted by Gasteiger charge is -2.10. The van der Waals surface area contributed by atoms with Gasteiger partial charge in [0.25, 0.3) is 0 Å². The van der Waals surface area contributed by atoms with Gasteiger partial charge in [0.05, 0.1) is 6.61 Å². The molecule has 1 aromatic rings. The molecule has 0 aliphatic carbocycles. The van der Waals surface area contributed by atoms with Gasteiger partial charge < -0.3 is 4.84 Å². The van der Waals surface area contributed by atoms with Crippen molar-refractivity contribution in [3.05, 3.63) is 29.8 Å². The van der Waals surface area contributed by atoms with Gasteiger partial charge in [0.2, 0.25) is 0 Å². The van der Waals surface area contributed by atoms with Gasteiger partial charge in [-0.15, -0.1) is 11.8 Å². The molecule has 0 spiro atoms. The molecular weight excluding hydrogens is 194 g/mol. The smallest absolute Gasteiger partial charge is 0.0653 e. The lowest BCUT2D eigenvalue weighted by Crippen LogP contribution is -2.21. The van der Waals surface area contributed by atoms with Crippen LogP contribution >= 0.6 is 11.8 Å². The molecule has 1 aromatic carbocycles. The van der Waals surface area contributed by atoms with Crippen LogP contribution in [0, 0.1) is 0 Å². The minimum absolute atomic E-state index is 0.600. The molecule has 76 valence electrons. The zero-order valence-electron chi connectivity index (χ0n) is 8.32. The van der Waals surface area contributed by atoms with Crippen LogP contribution in [-0.2, 0) is 4.84 Å². The fraction of sp³-hybridized carbons (Fsp3) is 0.455. The molecular formula is C11H15NOS. The van der Waals surface area contributed by atoms with E-state index in [1.807, 2.05) is 18.7 Å². The summed E-state index contributed by atoms with van der Waals surface area (Å²) in [7, 11) is 0. The molecule has 0 radical (unpaired) electrons. The maximum atomic E-state index is 5.15. The normalized spacial score (nSPS) is 19.6. The van der Waals surface area contributed by atoms with Gasteiger partial charge in [-0.3, -0.25) is 0 Å². The Balaban J connectivity index is 1.96. The molecule has 0 bridgehead atoms. The maximum absolute atomic E-state index is 5.15. The van der Waals surface area contributed by atoms with Crippen molar-refractivity contribution in [1.82, 2.24) is 5.48 Å². The van der Waals surface area contributed by atoms with Crippen LogP contribution < -0.4 is 5.48 Å². The van der Waals surface area contributed by atoms with Crippen LogP contribution in [0.4, 0.5) is 0 Å². The number of hydrogen-bond acceptors (Lipinski definition) is 3. The molecule has 1 aliphatic heterocycles. The van der Waals surface area contributed by atoms with Crippen LogP contribution in [0.15, 0.2) is 29.2 Å². The third-order valence-corrected chi connectivity index (χ3v) is 3.63. The average molecular weight is 209 g/mol. The molecule has 0 fully saturated rings. The summed E-state index contributed by atoms with van der Waals surface area (Å²) in [6, 6.07) is 8.62. The third kappa shape index (κ3) is 2.11. The van der Waals surface area contributed by atoms with Gasteiger partial charge in [0.15, 0.2) is 0 Å². The van der Waals surface area contributed by atoms with Gasteiger partial charge in [-0.2, -0.15) is 0 Å². The van der Waals surface area contributed by atoms with Gasteiger partial charge in [0.1, 0.15) is 0 Å². The topological polar surface area (TPSA) is 21.3 Å². The van der Waals surface area contributed by atoms with Gasteiger partial charge in [-0.05, 0) is 18.6 Å². The molecule has 14 heavy (non-hydrogen) atoms. The van der Waals surface area contributed by atoms with Crippen LogP contribution in [-0.4, -0.2) is 18.9 Å². The summed E-state index contributed by atoms with van der Waals surface area (Å²) in [5.74, 6) is 1.77. The maximum Gasteiger partial charge on any atom is 0.0653 e. The summed E-state index contributed by atoms with van der Waals surface area (Å²) >= 11 is 1.94. The van der Waals surface area contributed by atoms with E-state index in [0.717, 1.165) is 13.2 Å². The molecule has 1 N–H and O–H groups in total. The van der Waals surface area contributed by atoms with Crippen molar-refractivity contribution in [2.75, 3.05) is 18.9 Å². The van der Waals surface area contributed by atoms with E-state index in [4.69, 9.17) is 4.84 Å². The number of hydroxylamine groups is 1. The van der Waals surface area contributed by atoms with Gasteiger partial charge >= 0.3 is 0 Å². The summed E-state index contributed by atoms with van der Waals surface area (Å²) in [4.78, 5) is 6.58. The highest BCUT2D eigenvalue weighted by atomic mass is 32.2. The molecule has 1 atom stereocenters. The molecule has 2 nitrogen and oxygen atoms in total. The molecule has 0 amide bonds. The van der Waals surface area contributed by atoms with Gasteiger partial charge in [-0.25, -0.2) is 5.48 Å². The second-order valence-corrected chi connectivity index (χ2v) is 4.39. The number of benzene rings is 1. The monoisotopic (exact) mass is 209 g/mol. The minimum Gasteiger partial charge on any atom is -0.302 e. The Morgan fingerprint density at radius 3 is 3.21 bits per heavy atom. The molecule has 1 aliphatic rings. The molecule has 3 heteroatoms. The Kier molecular flexibility index (Phi) is 3.45. The van der Waals surface area contributed by atoms with E-state index in [2.05, 4.69) is 29.7 Å². The SMILES string of the molecule is CCONCC1CSc2ccccc21. The second-order valence-electron chi connectivity index (χ2n) is 3.33. The number of nitrogens with one attached hydrogen (secondary N) is 1. The van der Waals surface area contributed by atoms with Crippen LogP contribution in [0.2, 0.25) is 0 Å². The predicted molar refractivity (Wildman–Crippen MR) is 59.5 cm³/mol. The van der Waals surface area contributed by atoms with Crippen molar-refractivity contribution in [2.45, 2.75) is 17.7 Å². The number of rotatable bonds is 4. The fourth-order valence-electron chi connectivity index (χ4n) is 1.66. The molecule has 0 aromatic heterocycles. The molecule has 0 saturated heterocycles. The zero-order chi connectivity index (χ0) is 9.80. The Bertz CT molecular complexity index is 303. The Morgan fingerprint density at radius 2 is 2.36 bits per heavy atom. The summed E-state index contributed by atoms with van der Waals surface area (Å²) < 4.78 is 0. The zero-order valence-corrected chi connectivity index (χ0v) is 9.14. The number of hydrogen-bond donors (Lipinski definition) is 1. The first-order chi connectivity index (χ1) is 6.92. The van der Waals surface area contributed by atoms with Crippen LogP contribution in [0.25, 0.3) is 0 Å². The molecule has 1 heterocycles. The lowest BCUT2D eigenvalue weighted by atomic mass is 10.0. The highest BCUT2D eigenvalue weighted by Gasteiger charge is 2.21. The summed E-state index contributed by atoms with van der Waals surface area (Å²) in [5, 5.41) is 0. The quantitative estimate of drug-likeness (QED) is 0.608. The highest BCUT2D eigenvalue weighted by molar-refractivity contribution is 7.99. The first kappa shape index (κ1) is 10.0. The summed E-state index contributed by atoms with van der Waals surface area (Å²) in [5.41, 5.74) is 4.47. The number of thioether (sulfide) groups is 1. The van der Waals surface area contributed by atoms with Crippen LogP contribution in [0.3, 0.4) is 0 Å². The van der Waals surface area contributed by atoms with E-state index in [1.165, 1.54) is 16.2 Å². The van der Waals surface area contributed by atoms with E-state index in [0.29, 0.717) is 5.92 Å². The van der Waals surface area contributed by atoms with E-state index in [9.17, 15) is 0 Å². The van der Waals surface area contributed by atoms with Crippen LogP contribution in [0.5, 0.6) is 0 Å². The molecule has 0 saturated carbocycles. The van der Waals surface area contributed by atoms with Crippen molar-refractivity contribution in [2.24, 2.45) is 0 Å². The fourth-order valence-corrected chi connectivity index (χ4v) is 2.91. The van der Waals surface area contributed by atoms with Crippen LogP contribution in [0.1, 0.15) is 18.4 Å². The van der Waals surface area contributed by atoms with Gasteiger partial charge in [-0.1, -0.05) is 18.2 Å². The lowest BCUT2D eigenvalue weighted by molar-refractivity contribution is 0.0485. The molecule has 2 rings (SSSR count). The Labute approximate surface area is 89.0 Å². The third-order valence-electron chi connectivity index (χ3n) is 2.37. The standard InChI is InChI=1S/C11H15NOS/c1-2-13-12-7-9-8-14-11-6-4-3-5-10(9)11/h3-6,9,12H,2,7-8H2,1H3. The van der Waals surface area contributed by atoms with Crippen molar-refractivity contribution >= 4 is 11.8 Å². The molecule has 1 unspecified atom stereocenters. The van der Waals surface area contributed by atoms with E-state index < -0.39 is 0 Å². The van der Waals surface area contributed by atoms with E-state index in [-0.39, 0.29) is 0 Å². The first-order valence-corrected chi connectivity index (χ1v) is 5.96. The minimum atomic E-state index is 0.600. The van der Waals surface area contributed by atoms with Gasteiger partial charge in [0, 0.05) is 23.1 Å². The van der Waals surface area contributed by atoms with Crippen molar-refractivity contribution < 1.29 is 4.84 Å². The predicted octanol–water partition coefficient (Wildman–Crippen LogP) is 2.42. The van der Waals surface area contributed by atoms with Crippen molar-refractivity contribution in [3.8, 4) is 0 Å². The van der Waals surface area contributed by atoms with Crippen molar-refractivity contribution in [3.63, 3.8) is 0 Å².